The fourth-order valence-electron chi connectivity index (χ4n) is 4.38. The van der Waals surface area contributed by atoms with Gasteiger partial charge in [0.05, 0.1) is 16.6 Å². The first-order chi connectivity index (χ1) is 17.6. The topological polar surface area (TPSA) is 122 Å². The summed E-state index contributed by atoms with van der Waals surface area (Å²) in [5, 5.41) is 16.0. The van der Waals surface area contributed by atoms with Crippen molar-refractivity contribution in [1.82, 2.24) is 10.6 Å². The quantitative estimate of drug-likeness (QED) is 0.426. The van der Waals surface area contributed by atoms with Crippen LogP contribution >= 0.6 is 11.8 Å². The van der Waals surface area contributed by atoms with Gasteiger partial charge in [0.25, 0.3) is 5.91 Å². The molecular weight excluding hydrogens is 526 g/mol. The summed E-state index contributed by atoms with van der Waals surface area (Å²) in [6, 6.07) is 8.78. The van der Waals surface area contributed by atoms with Crippen LogP contribution in [0.1, 0.15) is 44.1 Å². The second-order valence-electron chi connectivity index (χ2n) is 8.88. The number of sulfone groups is 1. The zero-order valence-electron chi connectivity index (χ0n) is 19.7. The molecule has 4 rings (SSSR count). The lowest BCUT2D eigenvalue weighted by molar-refractivity contribution is -0.136. The largest absolute Gasteiger partial charge is 0.481 e. The van der Waals surface area contributed by atoms with Gasteiger partial charge in [-0.3, -0.25) is 9.59 Å². The Hall–Kier alpha value is -3.12. The van der Waals surface area contributed by atoms with E-state index in [9.17, 15) is 31.9 Å². The number of amides is 1. The van der Waals surface area contributed by atoms with Crippen LogP contribution in [0.3, 0.4) is 0 Å². The predicted molar refractivity (Wildman–Crippen MR) is 133 cm³/mol. The first kappa shape index (κ1) is 26.9. The summed E-state index contributed by atoms with van der Waals surface area (Å²) in [4.78, 5) is 22.8. The molecule has 8 nitrogen and oxygen atoms in total. The third kappa shape index (κ3) is 6.24. The van der Waals surface area contributed by atoms with Crippen LogP contribution in [0.4, 0.5) is 8.78 Å². The van der Waals surface area contributed by atoms with Crippen molar-refractivity contribution in [3.8, 4) is 5.75 Å². The average molecular weight is 553 g/mol. The zero-order chi connectivity index (χ0) is 26.6. The summed E-state index contributed by atoms with van der Waals surface area (Å²) in [7, 11) is -3.51. The van der Waals surface area contributed by atoms with Gasteiger partial charge in [-0.2, -0.15) is 0 Å². The zero-order valence-corrected chi connectivity index (χ0v) is 21.3. The summed E-state index contributed by atoms with van der Waals surface area (Å²) < 4.78 is 58.3. The molecule has 1 aliphatic heterocycles. The fraction of sp³-hybridized carbons (Fsp3) is 0.360. The van der Waals surface area contributed by atoms with Crippen molar-refractivity contribution < 1.29 is 36.6 Å². The SMILES string of the molecule is O=C(O)CC1=CSC(NC(=O)COc2ccc(F)cc2F)(c2ccc(S(=O)(=O)C3CCCCC3)cc2)N1. The van der Waals surface area contributed by atoms with Gasteiger partial charge in [0, 0.05) is 17.3 Å². The maximum atomic E-state index is 13.9. The van der Waals surface area contributed by atoms with Gasteiger partial charge < -0.3 is 20.5 Å². The van der Waals surface area contributed by atoms with E-state index in [1.54, 1.807) is 17.5 Å². The van der Waals surface area contributed by atoms with E-state index in [4.69, 9.17) is 4.74 Å². The lowest BCUT2D eigenvalue weighted by Gasteiger charge is -2.32. The number of halogens is 2. The van der Waals surface area contributed by atoms with Gasteiger partial charge >= 0.3 is 5.97 Å². The van der Waals surface area contributed by atoms with Gasteiger partial charge in [0.1, 0.15) is 5.82 Å². The van der Waals surface area contributed by atoms with Gasteiger partial charge in [-0.25, -0.2) is 17.2 Å². The molecule has 0 aromatic heterocycles. The van der Waals surface area contributed by atoms with E-state index in [1.165, 1.54) is 12.1 Å². The number of nitrogens with one attached hydrogen (secondary N) is 2. The minimum Gasteiger partial charge on any atom is -0.481 e. The molecule has 12 heteroatoms. The van der Waals surface area contributed by atoms with Gasteiger partial charge in [-0.15, -0.1) is 0 Å². The monoisotopic (exact) mass is 552 g/mol. The maximum Gasteiger partial charge on any atom is 0.309 e. The van der Waals surface area contributed by atoms with E-state index in [2.05, 4.69) is 10.6 Å². The van der Waals surface area contributed by atoms with E-state index in [1.807, 2.05) is 0 Å². The number of carbonyl (C=O) groups is 2. The number of carbonyl (C=O) groups excluding carboxylic acids is 1. The Labute approximate surface area is 217 Å². The van der Waals surface area contributed by atoms with Crippen LogP contribution in [0.15, 0.2) is 58.5 Å². The molecule has 1 atom stereocenters. The van der Waals surface area contributed by atoms with Crippen LogP contribution in [0.5, 0.6) is 5.75 Å². The number of aliphatic carboxylic acids is 1. The highest BCUT2D eigenvalue weighted by Gasteiger charge is 2.39. The van der Waals surface area contributed by atoms with Crippen LogP contribution in [0.25, 0.3) is 0 Å². The predicted octanol–water partition coefficient (Wildman–Crippen LogP) is 4.03. The molecule has 1 fully saturated rings. The van der Waals surface area contributed by atoms with E-state index in [0.29, 0.717) is 30.2 Å². The number of carboxylic acid groups (broad SMARTS) is 1. The summed E-state index contributed by atoms with van der Waals surface area (Å²) >= 11 is 1.09. The molecule has 1 heterocycles. The molecule has 198 valence electrons. The number of rotatable bonds is 9. The van der Waals surface area contributed by atoms with Crippen molar-refractivity contribution in [1.29, 1.82) is 0 Å². The lowest BCUT2D eigenvalue weighted by atomic mass is 10.0. The first-order valence-electron chi connectivity index (χ1n) is 11.7. The van der Waals surface area contributed by atoms with Gasteiger partial charge in [-0.1, -0.05) is 43.2 Å². The highest BCUT2D eigenvalue weighted by Crippen LogP contribution is 2.40. The van der Waals surface area contributed by atoms with Gasteiger partial charge in [-0.05, 0) is 42.5 Å². The van der Waals surface area contributed by atoms with E-state index in [-0.39, 0.29) is 17.1 Å². The number of hydrogen-bond acceptors (Lipinski definition) is 7. The normalized spacial score (nSPS) is 20.1. The van der Waals surface area contributed by atoms with Crippen LogP contribution in [0, 0.1) is 11.6 Å². The minimum atomic E-state index is -3.51. The molecular formula is C25H26F2N2O6S2. The Morgan fingerprint density at radius 3 is 2.46 bits per heavy atom. The van der Waals surface area contributed by atoms with Gasteiger partial charge in [0.15, 0.2) is 33.0 Å². The molecule has 0 saturated heterocycles. The summed E-state index contributed by atoms with van der Waals surface area (Å²) in [5.41, 5.74) is 0.806. The fourth-order valence-corrected chi connectivity index (χ4v) is 7.33. The molecule has 2 aliphatic rings. The summed E-state index contributed by atoms with van der Waals surface area (Å²) in [6.07, 6.45) is 3.70. The lowest BCUT2D eigenvalue weighted by Crippen LogP contribution is -2.52. The second kappa shape index (κ2) is 11.1. The number of hydrogen-bond donors (Lipinski definition) is 3. The molecule has 2 aromatic rings. The van der Waals surface area contributed by atoms with Crippen molar-refractivity contribution in [2.24, 2.45) is 0 Å². The Morgan fingerprint density at radius 2 is 1.81 bits per heavy atom. The van der Waals surface area contributed by atoms with E-state index < -0.39 is 50.2 Å². The van der Waals surface area contributed by atoms with Crippen molar-refractivity contribution in [2.75, 3.05) is 6.61 Å². The molecule has 1 unspecified atom stereocenters. The van der Waals surface area contributed by atoms with E-state index >= 15 is 0 Å². The molecule has 1 saturated carbocycles. The third-order valence-corrected chi connectivity index (χ3v) is 9.68. The van der Waals surface area contributed by atoms with Crippen LogP contribution in [0.2, 0.25) is 0 Å². The molecule has 0 radical (unpaired) electrons. The van der Waals surface area contributed by atoms with Gasteiger partial charge in [0.2, 0.25) is 0 Å². The molecule has 0 bridgehead atoms. The molecule has 1 amide bonds. The maximum absolute atomic E-state index is 13.9. The standard InChI is InChI=1S/C25H26F2N2O6S2/c26-17-8-11-22(21(27)12-17)35-14-23(30)29-25(28-18(15-36-25)13-24(31)32)16-6-9-20(10-7-16)37(33,34)19-4-2-1-3-5-19/h6-12,15,19,28H,1-5,13-14H2,(H,29,30)(H,31,32). The highest BCUT2D eigenvalue weighted by atomic mass is 32.2. The highest BCUT2D eigenvalue weighted by molar-refractivity contribution is 8.03. The van der Waals surface area contributed by atoms with Crippen LogP contribution < -0.4 is 15.4 Å². The van der Waals surface area contributed by atoms with Crippen LogP contribution in [-0.4, -0.2) is 37.3 Å². The van der Waals surface area contributed by atoms with Crippen molar-refractivity contribution in [3.63, 3.8) is 0 Å². The minimum absolute atomic E-state index is 0.182. The Bertz CT molecular complexity index is 1310. The van der Waals surface area contributed by atoms with E-state index in [0.717, 1.165) is 43.2 Å². The van der Waals surface area contributed by atoms with Crippen molar-refractivity contribution >= 4 is 33.5 Å². The molecule has 2 aromatic carbocycles. The molecule has 0 spiro atoms. The number of carboxylic acids is 1. The summed E-state index contributed by atoms with van der Waals surface area (Å²) in [5.74, 6) is -3.81. The Morgan fingerprint density at radius 1 is 1.11 bits per heavy atom. The second-order valence-corrected chi connectivity index (χ2v) is 12.2. The molecule has 3 N–H and O–H groups in total. The summed E-state index contributed by atoms with van der Waals surface area (Å²) in [6.45, 7) is -0.602. The van der Waals surface area contributed by atoms with Crippen LogP contribution in [-0.2, 0) is 24.4 Å². The van der Waals surface area contributed by atoms with Crippen molar-refractivity contribution in [3.05, 3.63) is 70.8 Å². The number of benzene rings is 2. The first-order valence-corrected chi connectivity index (χ1v) is 14.1. The Balaban J connectivity index is 1.53. The molecule has 37 heavy (non-hydrogen) atoms. The number of ether oxygens (including phenoxy) is 1. The average Bonchev–Trinajstić information content (AvgIpc) is 3.26. The number of thioether (sulfide) groups is 1. The Kier molecular flexibility index (Phi) is 8.08. The third-order valence-electron chi connectivity index (χ3n) is 6.20. The van der Waals surface area contributed by atoms with Crippen molar-refractivity contribution in [2.45, 2.75) is 53.7 Å². The molecule has 1 aliphatic carbocycles. The smallest absolute Gasteiger partial charge is 0.309 e.